The largest absolute Gasteiger partial charge is 0.309 e. The number of fused-ring (bicyclic) bond motifs is 14. The molecular formula is C52H35N3. The number of rotatable bonds is 3. The molecule has 4 aromatic heterocycles. The van der Waals surface area contributed by atoms with Gasteiger partial charge < -0.3 is 4.40 Å². The minimum absolute atomic E-state index is 0.0412. The molecule has 0 radical (unpaired) electrons. The molecule has 1 aliphatic rings. The quantitative estimate of drug-likeness (QED) is 0.168. The molecule has 0 N–H and O–H groups in total. The van der Waals surface area contributed by atoms with Crippen LogP contribution in [-0.4, -0.2) is 14.0 Å². The summed E-state index contributed by atoms with van der Waals surface area (Å²) in [6.45, 7) is 4.69. The molecule has 0 aliphatic heterocycles. The van der Waals surface area contributed by atoms with Gasteiger partial charge in [0.05, 0.1) is 27.6 Å². The van der Waals surface area contributed by atoms with Crippen molar-refractivity contribution in [3.63, 3.8) is 0 Å². The van der Waals surface area contributed by atoms with Gasteiger partial charge in [0.25, 0.3) is 0 Å². The van der Waals surface area contributed by atoms with E-state index >= 15 is 0 Å². The van der Waals surface area contributed by atoms with E-state index in [0.717, 1.165) is 22.4 Å². The van der Waals surface area contributed by atoms with Gasteiger partial charge in [-0.05, 0) is 104 Å². The first-order valence-corrected chi connectivity index (χ1v) is 19.1. The van der Waals surface area contributed by atoms with E-state index in [4.69, 9.17) is 4.98 Å². The van der Waals surface area contributed by atoms with Gasteiger partial charge in [0.15, 0.2) is 0 Å². The van der Waals surface area contributed by atoms with Crippen LogP contribution in [0, 0.1) is 0 Å². The van der Waals surface area contributed by atoms with Crippen LogP contribution < -0.4 is 0 Å². The first-order chi connectivity index (χ1) is 27.0. The van der Waals surface area contributed by atoms with E-state index in [9.17, 15) is 0 Å². The Hall–Kier alpha value is -6.97. The van der Waals surface area contributed by atoms with Gasteiger partial charge in [0, 0.05) is 38.5 Å². The van der Waals surface area contributed by atoms with Crippen molar-refractivity contribution in [1.29, 1.82) is 0 Å². The Morgan fingerprint density at radius 1 is 0.400 bits per heavy atom. The van der Waals surface area contributed by atoms with E-state index in [1.807, 2.05) is 6.20 Å². The molecule has 0 atom stereocenters. The zero-order valence-corrected chi connectivity index (χ0v) is 30.6. The Labute approximate surface area is 318 Å². The second kappa shape index (κ2) is 11.0. The normalized spacial score (nSPS) is 13.4. The maximum atomic E-state index is 5.05. The molecule has 258 valence electrons. The molecule has 0 saturated heterocycles. The maximum absolute atomic E-state index is 5.05. The second-order valence-corrected chi connectivity index (χ2v) is 15.6. The molecular weight excluding hydrogens is 667 g/mol. The molecule has 0 saturated carbocycles. The van der Waals surface area contributed by atoms with Crippen LogP contribution >= 0.6 is 0 Å². The lowest BCUT2D eigenvalue weighted by Crippen LogP contribution is -2.14. The minimum Gasteiger partial charge on any atom is -0.309 e. The van der Waals surface area contributed by atoms with E-state index in [1.165, 1.54) is 87.8 Å². The highest BCUT2D eigenvalue weighted by Gasteiger charge is 2.35. The summed E-state index contributed by atoms with van der Waals surface area (Å²) in [5, 5.41) is 7.46. The lowest BCUT2D eigenvalue weighted by Gasteiger charge is -2.22. The number of hydrogen-bond acceptors (Lipinski definition) is 1. The SMILES string of the molecule is CC1(C)c2ccccc2-c2ccc(-c3cccc(-c4ccnc(-n5c6ccccc6c6cc7c8ccccc8c8cc9ccccc9n8c7cc65)c4)c3)cc21. The summed E-state index contributed by atoms with van der Waals surface area (Å²) < 4.78 is 4.80. The molecule has 0 unspecified atom stereocenters. The van der Waals surface area contributed by atoms with Crippen LogP contribution in [0.25, 0.3) is 99.1 Å². The highest BCUT2D eigenvalue weighted by Crippen LogP contribution is 2.49. The van der Waals surface area contributed by atoms with Gasteiger partial charge in [-0.15, -0.1) is 0 Å². The summed E-state index contributed by atoms with van der Waals surface area (Å²) in [6, 6.07) is 62.6. The van der Waals surface area contributed by atoms with Crippen molar-refractivity contribution in [2.24, 2.45) is 0 Å². The average molecular weight is 702 g/mol. The molecule has 11 aromatic rings. The summed E-state index contributed by atoms with van der Waals surface area (Å²) in [5.41, 5.74) is 16.1. The Morgan fingerprint density at radius 2 is 1.04 bits per heavy atom. The van der Waals surface area contributed by atoms with Gasteiger partial charge in [0.2, 0.25) is 0 Å². The van der Waals surface area contributed by atoms with Crippen molar-refractivity contribution >= 4 is 59.9 Å². The molecule has 12 rings (SSSR count). The predicted octanol–water partition coefficient (Wildman–Crippen LogP) is 13.5. The molecule has 7 aromatic carbocycles. The lowest BCUT2D eigenvalue weighted by atomic mass is 9.81. The lowest BCUT2D eigenvalue weighted by molar-refractivity contribution is 0.660. The van der Waals surface area contributed by atoms with Crippen LogP contribution in [0.5, 0.6) is 0 Å². The summed E-state index contributed by atoms with van der Waals surface area (Å²) >= 11 is 0. The van der Waals surface area contributed by atoms with Gasteiger partial charge in [-0.2, -0.15) is 0 Å². The van der Waals surface area contributed by atoms with Gasteiger partial charge in [0.1, 0.15) is 5.82 Å². The predicted molar refractivity (Wildman–Crippen MR) is 230 cm³/mol. The topological polar surface area (TPSA) is 22.2 Å². The van der Waals surface area contributed by atoms with Crippen LogP contribution in [0.4, 0.5) is 0 Å². The van der Waals surface area contributed by atoms with Crippen LogP contribution in [0.1, 0.15) is 25.0 Å². The molecule has 55 heavy (non-hydrogen) atoms. The molecule has 3 heteroatoms. The summed E-state index contributed by atoms with van der Waals surface area (Å²) in [6.07, 6.45) is 1.96. The highest BCUT2D eigenvalue weighted by molar-refractivity contribution is 6.21. The van der Waals surface area contributed by atoms with E-state index in [-0.39, 0.29) is 5.41 Å². The van der Waals surface area contributed by atoms with Crippen molar-refractivity contribution in [3.05, 3.63) is 187 Å². The monoisotopic (exact) mass is 701 g/mol. The van der Waals surface area contributed by atoms with Crippen molar-refractivity contribution < 1.29 is 0 Å². The third-order valence-corrected chi connectivity index (χ3v) is 12.3. The number of aromatic nitrogens is 3. The Balaban J connectivity index is 1.04. The third kappa shape index (κ3) is 4.24. The number of hydrogen-bond donors (Lipinski definition) is 0. The van der Waals surface area contributed by atoms with E-state index in [1.54, 1.807) is 0 Å². The van der Waals surface area contributed by atoms with E-state index in [2.05, 4.69) is 193 Å². The average Bonchev–Trinajstić information content (AvgIpc) is 3.86. The molecule has 4 heterocycles. The number of para-hydroxylation sites is 2. The third-order valence-electron chi connectivity index (χ3n) is 12.3. The van der Waals surface area contributed by atoms with E-state index < -0.39 is 0 Å². The van der Waals surface area contributed by atoms with Gasteiger partial charge >= 0.3 is 0 Å². The first-order valence-electron chi connectivity index (χ1n) is 19.1. The van der Waals surface area contributed by atoms with Crippen LogP contribution in [-0.2, 0) is 5.41 Å². The molecule has 0 spiro atoms. The second-order valence-electron chi connectivity index (χ2n) is 15.6. The highest BCUT2D eigenvalue weighted by atomic mass is 15.1. The zero-order chi connectivity index (χ0) is 36.4. The fraction of sp³-hybridized carbons (Fsp3) is 0.0577. The summed E-state index contributed by atoms with van der Waals surface area (Å²) in [4.78, 5) is 5.05. The molecule has 1 aliphatic carbocycles. The zero-order valence-electron chi connectivity index (χ0n) is 30.6. The van der Waals surface area contributed by atoms with Crippen molar-refractivity contribution in [3.8, 4) is 39.2 Å². The van der Waals surface area contributed by atoms with Gasteiger partial charge in [-0.25, -0.2) is 4.98 Å². The van der Waals surface area contributed by atoms with Gasteiger partial charge in [-0.1, -0.05) is 129 Å². The van der Waals surface area contributed by atoms with Crippen molar-refractivity contribution in [2.45, 2.75) is 19.3 Å². The maximum Gasteiger partial charge on any atom is 0.138 e. The van der Waals surface area contributed by atoms with Gasteiger partial charge in [-0.3, -0.25) is 4.57 Å². The van der Waals surface area contributed by atoms with E-state index in [0.29, 0.717) is 0 Å². The molecule has 0 amide bonds. The summed E-state index contributed by atoms with van der Waals surface area (Å²) in [5.74, 6) is 0.903. The minimum atomic E-state index is -0.0412. The molecule has 0 bridgehead atoms. The van der Waals surface area contributed by atoms with Crippen LogP contribution in [0.2, 0.25) is 0 Å². The number of pyridine rings is 2. The standard InChI is InChI=1S/C52H35N3/c1-52(2)44-19-8-6-16-38(44)39-23-22-34(27-45(39)52)32-13-11-14-33(26-32)35-24-25-53-51(29-35)55-47-21-10-7-18-41(47)43-30-42-37-15-4-5-17-40(37)48-28-36-12-3-9-20-46(36)54(48)49(42)31-50(43)55/h3-31H,1-2H3. The smallest absolute Gasteiger partial charge is 0.138 e. The van der Waals surface area contributed by atoms with Crippen LogP contribution in [0.3, 0.4) is 0 Å². The summed E-state index contributed by atoms with van der Waals surface area (Å²) in [7, 11) is 0. The molecule has 0 fully saturated rings. The van der Waals surface area contributed by atoms with Crippen molar-refractivity contribution in [2.75, 3.05) is 0 Å². The number of nitrogens with zero attached hydrogens (tertiary/aromatic N) is 3. The fourth-order valence-corrected chi connectivity index (χ4v) is 9.69. The Kier molecular flexibility index (Phi) is 6.12. The number of benzene rings is 7. The Morgan fingerprint density at radius 3 is 1.89 bits per heavy atom. The first kappa shape index (κ1) is 30.5. The molecule has 3 nitrogen and oxygen atoms in total. The van der Waals surface area contributed by atoms with Crippen LogP contribution in [0.15, 0.2) is 176 Å². The Bertz CT molecular complexity index is 3410. The van der Waals surface area contributed by atoms with Crippen molar-refractivity contribution in [1.82, 2.24) is 14.0 Å². The fourth-order valence-electron chi connectivity index (χ4n) is 9.69.